The van der Waals surface area contributed by atoms with Gasteiger partial charge in [0.25, 0.3) is 0 Å². The maximum atomic E-state index is 11.5. The second kappa shape index (κ2) is 8.74. The SMILES string of the molecule is CC(CNC(=O)NCCN(C(C)C)C(C)C)C(=O)O. The van der Waals surface area contributed by atoms with Crippen LogP contribution in [0.5, 0.6) is 0 Å². The fraction of sp³-hybridized carbons (Fsp3) is 0.846. The number of aliphatic carboxylic acids is 1. The van der Waals surface area contributed by atoms with E-state index < -0.39 is 11.9 Å². The molecule has 0 spiro atoms. The van der Waals surface area contributed by atoms with E-state index in [2.05, 4.69) is 43.2 Å². The van der Waals surface area contributed by atoms with Gasteiger partial charge in [-0.1, -0.05) is 6.92 Å². The number of carboxylic acids is 1. The van der Waals surface area contributed by atoms with E-state index in [1.165, 1.54) is 0 Å². The van der Waals surface area contributed by atoms with Crippen LogP contribution in [0, 0.1) is 5.92 Å². The number of carboxylic acid groups (broad SMARTS) is 1. The molecule has 0 aromatic heterocycles. The van der Waals surface area contributed by atoms with Crippen LogP contribution in [0.25, 0.3) is 0 Å². The van der Waals surface area contributed by atoms with E-state index in [9.17, 15) is 9.59 Å². The number of rotatable bonds is 8. The number of urea groups is 1. The van der Waals surface area contributed by atoms with Crippen molar-refractivity contribution in [2.75, 3.05) is 19.6 Å². The molecule has 0 bridgehead atoms. The van der Waals surface area contributed by atoms with Crippen LogP contribution in [0.2, 0.25) is 0 Å². The van der Waals surface area contributed by atoms with Gasteiger partial charge in [-0.15, -0.1) is 0 Å². The van der Waals surface area contributed by atoms with Gasteiger partial charge < -0.3 is 15.7 Å². The molecule has 0 aromatic carbocycles. The second-order valence-electron chi connectivity index (χ2n) is 5.30. The molecule has 0 heterocycles. The summed E-state index contributed by atoms with van der Waals surface area (Å²) < 4.78 is 0. The molecule has 1 atom stereocenters. The summed E-state index contributed by atoms with van der Waals surface area (Å²) in [6.07, 6.45) is 0. The molecule has 0 aliphatic heterocycles. The molecule has 3 N–H and O–H groups in total. The smallest absolute Gasteiger partial charge is 0.314 e. The minimum atomic E-state index is -0.911. The molecule has 0 rings (SSSR count). The molecule has 0 aliphatic carbocycles. The second-order valence-corrected chi connectivity index (χ2v) is 5.30. The van der Waals surface area contributed by atoms with E-state index in [1.807, 2.05) is 0 Å². The predicted molar refractivity (Wildman–Crippen MR) is 75.2 cm³/mol. The minimum absolute atomic E-state index is 0.138. The van der Waals surface area contributed by atoms with Gasteiger partial charge in [0.05, 0.1) is 5.92 Å². The summed E-state index contributed by atoms with van der Waals surface area (Å²) in [5.41, 5.74) is 0. The Kier molecular flexibility index (Phi) is 8.14. The highest BCUT2D eigenvalue weighted by molar-refractivity contribution is 5.75. The predicted octanol–water partition coefficient (Wildman–Crippen LogP) is 1.13. The van der Waals surface area contributed by atoms with Crippen molar-refractivity contribution >= 4 is 12.0 Å². The van der Waals surface area contributed by atoms with Gasteiger partial charge in [-0.2, -0.15) is 0 Å². The molecular weight excluding hydrogens is 246 g/mol. The molecule has 0 aromatic rings. The zero-order valence-electron chi connectivity index (χ0n) is 12.6. The monoisotopic (exact) mass is 273 g/mol. The molecule has 0 fully saturated rings. The molecule has 112 valence electrons. The number of carbonyl (C=O) groups is 2. The summed E-state index contributed by atoms with van der Waals surface area (Å²) in [5.74, 6) is -1.49. The first kappa shape index (κ1) is 17.7. The summed E-state index contributed by atoms with van der Waals surface area (Å²) in [7, 11) is 0. The molecule has 2 amide bonds. The Morgan fingerprint density at radius 3 is 2.00 bits per heavy atom. The third-order valence-corrected chi connectivity index (χ3v) is 2.97. The van der Waals surface area contributed by atoms with Crippen LogP contribution in [0.15, 0.2) is 0 Å². The number of hydrogen-bond acceptors (Lipinski definition) is 3. The lowest BCUT2D eigenvalue weighted by atomic mass is 10.2. The van der Waals surface area contributed by atoms with Crippen LogP contribution < -0.4 is 10.6 Å². The summed E-state index contributed by atoms with van der Waals surface area (Å²) in [6.45, 7) is 11.5. The third kappa shape index (κ3) is 7.66. The lowest BCUT2D eigenvalue weighted by Crippen LogP contribution is -2.45. The molecule has 0 radical (unpaired) electrons. The van der Waals surface area contributed by atoms with Crippen LogP contribution in [-0.2, 0) is 4.79 Å². The normalized spacial score (nSPS) is 12.8. The largest absolute Gasteiger partial charge is 0.481 e. The molecule has 0 aliphatic rings. The molecular formula is C13H27N3O3. The van der Waals surface area contributed by atoms with Crippen molar-refractivity contribution < 1.29 is 14.7 Å². The number of carbonyl (C=O) groups excluding carboxylic acids is 1. The zero-order valence-corrected chi connectivity index (χ0v) is 12.6. The zero-order chi connectivity index (χ0) is 15.0. The Balaban J connectivity index is 3.88. The average Bonchev–Trinajstić information content (AvgIpc) is 2.30. The highest BCUT2D eigenvalue weighted by Gasteiger charge is 2.14. The van der Waals surface area contributed by atoms with Crippen molar-refractivity contribution in [3.05, 3.63) is 0 Å². The summed E-state index contributed by atoms with van der Waals surface area (Å²) in [4.78, 5) is 24.3. The molecule has 6 heteroatoms. The summed E-state index contributed by atoms with van der Waals surface area (Å²) in [5, 5.41) is 14.0. The first-order chi connectivity index (χ1) is 8.75. The van der Waals surface area contributed by atoms with Crippen LogP contribution in [-0.4, -0.2) is 53.7 Å². The van der Waals surface area contributed by atoms with Crippen molar-refractivity contribution in [3.63, 3.8) is 0 Å². The quantitative estimate of drug-likeness (QED) is 0.619. The lowest BCUT2D eigenvalue weighted by molar-refractivity contribution is -0.140. The van der Waals surface area contributed by atoms with Crippen molar-refractivity contribution in [2.24, 2.45) is 5.92 Å². The van der Waals surface area contributed by atoms with E-state index in [4.69, 9.17) is 5.11 Å². The van der Waals surface area contributed by atoms with Gasteiger partial charge in [0.15, 0.2) is 0 Å². The fourth-order valence-corrected chi connectivity index (χ4v) is 1.81. The van der Waals surface area contributed by atoms with Gasteiger partial charge >= 0.3 is 12.0 Å². The number of nitrogens with one attached hydrogen (secondary N) is 2. The molecule has 0 saturated heterocycles. The van der Waals surface area contributed by atoms with Crippen molar-refractivity contribution in [1.82, 2.24) is 15.5 Å². The van der Waals surface area contributed by atoms with Crippen molar-refractivity contribution in [3.8, 4) is 0 Å². The molecule has 6 nitrogen and oxygen atoms in total. The van der Waals surface area contributed by atoms with E-state index in [-0.39, 0.29) is 12.6 Å². The van der Waals surface area contributed by atoms with Gasteiger partial charge in [0.1, 0.15) is 0 Å². The first-order valence-corrected chi connectivity index (χ1v) is 6.76. The maximum absolute atomic E-state index is 11.5. The standard InChI is InChI=1S/C13H27N3O3/c1-9(2)16(10(3)4)7-6-14-13(19)15-8-11(5)12(17)18/h9-11H,6-8H2,1-5H3,(H,17,18)(H2,14,15,19). The third-order valence-electron chi connectivity index (χ3n) is 2.97. The Bertz CT molecular complexity index is 285. The Hall–Kier alpha value is -1.30. The van der Waals surface area contributed by atoms with Gasteiger partial charge in [-0.25, -0.2) is 4.79 Å². The Morgan fingerprint density at radius 1 is 1.05 bits per heavy atom. The van der Waals surface area contributed by atoms with Crippen LogP contribution in [0.1, 0.15) is 34.6 Å². The fourth-order valence-electron chi connectivity index (χ4n) is 1.81. The van der Waals surface area contributed by atoms with E-state index in [0.717, 1.165) is 6.54 Å². The average molecular weight is 273 g/mol. The molecule has 0 saturated carbocycles. The van der Waals surface area contributed by atoms with E-state index in [1.54, 1.807) is 6.92 Å². The topological polar surface area (TPSA) is 81.7 Å². The first-order valence-electron chi connectivity index (χ1n) is 6.76. The Labute approximate surface area is 115 Å². The minimum Gasteiger partial charge on any atom is -0.481 e. The number of amides is 2. The van der Waals surface area contributed by atoms with Gasteiger partial charge in [-0.05, 0) is 27.7 Å². The van der Waals surface area contributed by atoms with Crippen LogP contribution in [0.4, 0.5) is 4.79 Å². The lowest BCUT2D eigenvalue weighted by Gasteiger charge is -2.30. The summed E-state index contributed by atoms with van der Waals surface area (Å²) in [6, 6.07) is 0.536. The van der Waals surface area contributed by atoms with E-state index >= 15 is 0 Å². The number of hydrogen-bond donors (Lipinski definition) is 3. The molecule has 19 heavy (non-hydrogen) atoms. The number of nitrogens with zero attached hydrogens (tertiary/aromatic N) is 1. The van der Waals surface area contributed by atoms with Crippen molar-refractivity contribution in [2.45, 2.75) is 46.7 Å². The highest BCUT2D eigenvalue weighted by atomic mass is 16.4. The van der Waals surface area contributed by atoms with Gasteiger partial charge in [0, 0.05) is 31.7 Å². The summed E-state index contributed by atoms with van der Waals surface area (Å²) >= 11 is 0. The highest BCUT2D eigenvalue weighted by Crippen LogP contribution is 2.03. The molecule has 1 unspecified atom stereocenters. The Morgan fingerprint density at radius 2 is 1.58 bits per heavy atom. The van der Waals surface area contributed by atoms with Crippen LogP contribution >= 0.6 is 0 Å². The maximum Gasteiger partial charge on any atom is 0.314 e. The van der Waals surface area contributed by atoms with Crippen molar-refractivity contribution in [1.29, 1.82) is 0 Å². The van der Waals surface area contributed by atoms with Crippen LogP contribution in [0.3, 0.4) is 0 Å². The van der Waals surface area contributed by atoms with Gasteiger partial charge in [-0.3, -0.25) is 9.69 Å². The van der Waals surface area contributed by atoms with Gasteiger partial charge in [0.2, 0.25) is 0 Å². The van der Waals surface area contributed by atoms with E-state index in [0.29, 0.717) is 18.6 Å².